The molecule has 1 aliphatic rings. The maximum atomic E-state index is 6.47. The van der Waals surface area contributed by atoms with E-state index < -0.39 is 0 Å². The molecule has 7 nitrogen and oxygen atoms in total. The standard InChI is InChI=1S/C26H30N6O/c1-17-9-12-32(13-10-17)24-15-25(33-3)22(14-20(24)27)30-26-28-11-8-21(29-26)19-16-31(2)23-7-5-4-6-18(19)23/h4-8,11,14-17H,9-10,12-13,27H2,1-3H3,(H,28,29,30). The first-order valence-corrected chi connectivity index (χ1v) is 11.4. The molecule has 0 radical (unpaired) electrons. The highest BCUT2D eigenvalue weighted by Crippen LogP contribution is 2.38. The van der Waals surface area contributed by atoms with Crippen molar-refractivity contribution in [3.05, 3.63) is 54.9 Å². The van der Waals surface area contributed by atoms with Crippen LogP contribution in [-0.2, 0) is 7.05 Å². The summed E-state index contributed by atoms with van der Waals surface area (Å²) in [7, 11) is 3.72. The van der Waals surface area contributed by atoms with Gasteiger partial charge in [0, 0.05) is 55.1 Å². The highest BCUT2D eigenvalue weighted by atomic mass is 16.5. The minimum Gasteiger partial charge on any atom is -0.494 e. The second-order valence-electron chi connectivity index (χ2n) is 8.84. The number of anilines is 4. The summed E-state index contributed by atoms with van der Waals surface area (Å²) in [6, 6.07) is 14.2. The molecule has 1 fully saturated rings. The number of fused-ring (bicyclic) bond motifs is 1. The van der Waals surface area contributed by atoms with Crippen molar-refractivity contribution >= 4 is 33.9 Å². The molecule has 7 heteroatoms. The van der Waals surface area contributed by atoms with Gasteiger partial charge in [-0.15, -0.1) is 0 Å². The zero-order valence-electron chi connectivity index (χ0n) is 19.4. The molecule has 0 bridgehead atoms. The number of methoxy groups -OCH3 is 1. The summed E-state index contributed by atoms with van der Waals surface area (Å²) >= 11 is 0. The van der Waals surface area contributed by atoms with Crippen LogP contribution < -0.4 is 20.7 Å². The van der Waals surface area contributed by atoms with Crippen molar-refractivity contribution in [2.75, 3.05) is 36.1 Å². The van der Waals surface area contributed by atoms with E-state index in [-0.39, 0.29) is 0 Å². The molecule has 3 heterocycles. The molecule has 0 atom stereocenters. The molecule has 1 aliphatic heterocycles. The summed E-state index contributed by atoms with van der Waals surface area (Å²) in [6.07, 6.45) is 6.22. The van der Waals surface area contributed by atoms with Gasteiger partial charge in [-0.3, -0.25) is 0 Å². The topological polar surface area (TPSA) is 81.2 Å². The van der Waals surface area contributed by atoms with Crippen LogP contribution >= 0.6 is 0 Å². The number of piperidine rings is 1. The summed E-state index contributed by atoms with van der Waals surface area (Å²) in [5.74, 6) is 1.98. The number of hydrogen-bond donors (Lipinski definition) is 2. The quantitative estimate of drug-likeness (QED) is 0.413. The number of ether oxygens (including phenoxy) is 1. The van der Waals surface area contributed by atoms with Crippen LogP contribution in [0, 0.1) is 5.92 Å². The molecular weight excluding hydrogens is 412 g/mol. The van der Waals surface area contributed by atoms with Crippen molar-refractivity contribution < 1.29 is 4.74 Å². The molecule has 2 aromatic carbocycles. The van der Waals surface area contributed by atoms with Crippen LogP contribution in [0.2, 0.25) is 0 Å². The lowest BCUT2D eigenvalue weighted by Crippen LogP contribution is -2.33. The number of nitrogens with zero attached hydrogens (tertiary/aromatic N) is 4. The molecular formula is C26H30N6O. The van der Waals surface area contributed by atoms with Gasteiger partial charge in [0.2, 0.25) is 5.95 Å². The first kappa shape index (κ1) is 21.1. The largest absolute Gasteiger partial charge is 0.494 e. The van der Waals surface area contributed by atoms with E-state index in [2.05, 4.69) is 45.0 Å². The predicted molar refractivity (Wildman–Crippen MR) is 135 cm³/mol. The van der Waals surface area contributed by atoms with E-state index in [0.717, 1.165) is 64.0 Å². The van der Waals surface area contributed by atoms with Gasteiger partial charge in [-0.05, 0) is 37.0 Å². The van der Waals surface area contributed by atoms with E-state index >= 15 is 0 Å². The highest BCUT2D eigenvalue weighted by Gasteiger charge is 2.20. The van der Waals surface area contributed by atoms with Gasteiger partial charge in [-0.1, -0.05) is 25.1 Å². The zero-order chi connectivity index (χ0) is 22.9. The van der Waals surface area contributed by atoms with Gasteiger partial charge in [-0.25, -0.2) is 9.97 Å². The third-order valence-corrected chi connectivity index (χ3v) is 6.55. The summed E-state index contributed by atoms with van der Waals surface area (Å²) < 4.78 is 7.81. The van der Waals surface area contributed by atoms with E-state index in [9.17, 15) is 0 Å². The van der Waals surface area contributed by atoms with Crippen molar-refractivity contribution in [3.8, 4) is 17.0 Å². The maximum Gasteiger partial charge on any atom is 0.227 e. The van der Waals surface area contributed by atoms with E-state index in [1.54, 1.807) is 13.3 Å². The fraction of sp³-hybridized carbons (Fsp3) is 0.308. The third kappa shape index (κ3) is 4.06. The minimum absolute atomic E-state index is 0.498. The molecule has 2 aromatic heterocycles. The van der Waals surface area contributed by atoms with Gasteiger partial charge in [-0.2, -0.15) is 0 Å². The Morgan fingerprint density at radius 3 is 2.70 bits per heavy atom. The van der Waals surface area contributed by atoms with Crippen LogP contribution in [0.5, 0.6) is 5.75 Å². The molecule has 170 valence electrons. The highest BCUT2D eigenvalue weighted by molar-refractivity contribution is 5.95. The van der Waals surface area contributed by atoms with E-state index in [4.69, 9.17) is 15.5 Å². The number of nitrogens with two attached hydrogens (primary N) is 1. The van der Waals surface area contributed by atoms with Crippen molar-refractivity contribution in [1.29, 1.82) is 0 Å². The van der Waals surface area contributed by atoms with Crippen LogP contribution in [0.15, 0.2) is 54.9 Å². The Labute approximate surface area is 194 Å². The van der Waals surface area contributed by atoms with Crippen LogP contribution in [0.1, 0.15) is 19.8 Å². The van der Waals surface area contributed by atoms with Crippen LogP contribution in [-0.4, -0.2) is 34.7 Å². The van der Waals surface area contributed by atoms with E-state index in [1.165, 1.54) is 12.8 Å². The fourth-order valence-corrected chi connectivity index (χ4v) is 4.61. The number of benzene rings is 2. The van der Waals surface area contributed by atoms with Gasteiger partial charge in [0.15, 0.2) is 0 Å². The van der Waals surface area contributed by atoms with Crippen LogP contribution in [0.4, 0.5) is 23.0 Å². The number of hydrogen-bond acceptors (Lipinski definition) is 6. The summed E-state index contributed by atoms with van der Waals surface area (Å²) in [4.78, 5) is 11.6. The molecule has 33 heavy (non-hydrogen) atoms. The van der Waals surface area contributed by atoms with Gasteiger partial charge < -0.3 is 25.3 Å². The van der Waals surface area contributed by atoms with E-state index in [0.29, 0.717) is 5.95 Å². The lowest BCUT2D eigenvalue weighted by molar-refractivity contribution is 0.415. The van der Waals surface area contributed by atoms with Gasteiger partial charge in [0.05, 0.1) is 29.9 Å². The molecule has 3 N–H and O–H groups in total. The normalized spacial score (nSPS) is 14.6. The Morgan fingerprint density at radius 1 is 1.12 bits per heavy atom. The maximum absolute atomic E-state index is 6.47. The number of aromatic nitrogens is 3. The predicted octanol–water partition coefficient (Wildman–Crippen LogP) is 5.21. The Bertz CT molecular complexity index is 1290. The third-order valence-electron chi connectivity index (χ3n) is 6.55. The first-order chi connectivity index (χ1) is 16.0. The smallest absolute Gasteiger partial charge is 0.227 e. The van der Waals surface area contributed by atoms with Gasteiger partial charge in [0.1, 0.15) is 5.75 Å². The van der Waals surface area contributed by atoms with Crippen molar-refractivity contribution in [2.24, 2.45) is 13.0 Å². The Hall–Kier alpha value is -3.74. The Morgan fingerprint density at radius 2 is 1.91 bits per heavy atom. The lowest BCUT2D eigenvalue weighted by atomic mass is 9.98. The Balaban J connectivity index is 1.45. The number of rotatable bonds is 5. The van der Waals surface area contributed by atoms with Gasteiger partial charge in [0.25, 0.3) is 0 Å². The number of aryl methyl sites for hydroxylation is 1. The Kier molecular flexibility index (Phi) is 5.54. The van der Waals surface area contributed by atoms with Crippen molar-refractivity contribution in [3.63, 3.8) is 0 Å². The average Bonchev–Trinajstić information content (AvgIpc) is 3.17. The molecule has 0 aliphatic carbocycles. The van der Waals surface area contributed by atoms with Crippen LogP contribution in [0.25, 0.3) is 22.2 Å². The summed E-state index contributed by atoms with van der Waals surface area (Å²) in [6.45, 7) is 4.33. The second-order valence-corrected chi connectivity index (χ2v) is 8.84. The summed E-state index contributed by atoms with van der Waals surface area (Å²) in [5, 5.41) is 4.47. The minimum atomic E-state index is 0.498. The molecule has 5 rings (SSSR count). The zero-order valence-corrected chi connectivity index (χ0v) is 19.4. The number of nitrogens with one attached hydrogen (secondary N) is 1. The first-order valence-electron chi connectivity index (χ1n) is 11.4. The molecule has 4 aromatic rings. The van der Waals surface area contributed by atoms with Crippen molar-refractivity contribution in [1.82, 2.24) is 14.5 Å². The SMILES string of the molecule is COc1cc(N2CCC(C)CC2)c(N)cc1Nc1nccc(-c2cn(C)c3ccccc23)n1. The number of nitrogen functional groups attached to an aromatic ring is 1. The van der Waals surface area contributed by atoms with E-state index in [1.807, 2.05) is 37.4 Å². The molecule has 1 saturated heterocycles. The van der Waals surface area contributed by atoms with Crippen molar-refractivity contribution in [2.45, 2.75) is 19.8 Å². The average molecular weight is 443 g/mol. The fourth-order valence-electron chi connectivity index (χ4n) is 4.61. The monoisotopic (exact) mass is 442 g/mol. The van der Waals surface area contributed by atoms with Crippen LogP contribution in [0.3, 0.4) is 0 Å². The molecule has 0 spiro atoms. The van der Waals surface area contributed by atoms with Gasteiger partial charge >= 0.3 is 0 Å². The molecule has 0 saturated carbocycles. The molecule has 0 unspecified atom stereocenters. The summed E-state index contributed by atoms with van der Waals surface area (Å²) in [5.41, 5.74) is 12.1. The number of para-hydroxylation sites is 1. The second kappa shape index (κ2) is 8.65. The molecule has 0 amide bonds. The lowest BCUT2D eigenvalue weighted by Gasteiger charge is -2.33.